The van der Waals surface area contributed by atoms with Gasteiger partial charge in [-0.25, -0.2) is 0 Å². The number of Topliss-reactive ketones (excluding diaryl/α,β-unsaturated/α-hetero) is 1. The van der Waals surface area contributed by atoms with Crippen LogP contribution in [0.15, 0.2) is 53.1 Å². The highest BCUT2D eigenvalue weighted by Crippen LogP contribution is 2.26. The summed E-state index contributed by atoms with van der Waals surface area (Å²) in [5.74, 6) is -2.04. The molecule has 0 aliphatic carbocycles. The predicted octanol–water partition coefficient (Wildman–Crippen LogP) is 3.29. The summed E-state index contributed by atoms with van der Waals surface area (Å²) in [4.78, 5) is 27.5. The third-order valence-corrected chi connectivity index (χ3v) is 3.36. The Morgan fingerprint density at radius 2 is 2.00 bits per heavy atom. The molecule has 0 aliphatic rings. The zero-order valence-corrected chi connectivity index (χ0v) is 12.1. The number of carbonyl (C=O) groups excluding carboxylic acids is 1. The lowest BCUT2D eigenvalue weighted by Crippen LogP contribution is -2.18. The Hall–Kier alpha value is -2.01. The Bertz CT molecular complexity index is 628. The van der Waals surface area contributed by atoms with Gasteiger partial charge in [0.05, 0.1) is 12.3 Å². The van der Waals surface area contributed by atoms with Gasteiger partial charge in [0.25, 0.3) is 0 Å². The van der Waals surface area contributed by atoms with Crippen LogP contribution in [-0.2, 0) is 4.79 Å². The fourth-order valence-corrected chi connectivity index (χ4v) is 2.36. The number of ketones is 1. The number of hydrogen-bond acceptors (Lipinski definition) is 3. The molecule has 1 aromatic carbocycles. The number of benzene rings is 1. The molecule has 2 rings (SSSR count). The first-order chi connectivity index (χ1) is 9.58. The molecule has 1 heterocycles. The fourth-order valence-electron chi connectivity index (χ4n) is 1.95. The van der Waals surface area contributed by atoms with Gasteiger partial charge in [0.2, 0.25) is 0 Å². The molecule has 1 N–H and O–H groups in total. The number of carboxylic acid groups (broad SMARTS) is 1. The van der Waals surface area contributed by atoms with Crippen molar-refractivity contribution in [1.82, 2.24) is 4.98 Å². The van der Waals surface area contributed by atoms with E-state index < -0.39 is 11.9 Å². The van der Waals surface area contributed by atoms with Crippen molar-refractivity contribution in [2.75, 3.05) is 0 Å². The van der Waals surface area contributed by atoms with E-state index in [0.29, 0.717) is 5.56 Å². The molecule has 1 unspecified atom stereocenters. The van der Waals surface area contributed by atoms with Crippen LogP contribution in [0.5, 0.6) is 0 Å². The number of pyridine rings is 1. The molecule has 20 heavy (non-hydrogen) atoms. The van der Waals surface area contributed by atoms with Gasteiger partial charge in [-0.1, -0.05) is 34.1 Å². The highest BCUT2D eigenvalue weighted by atomic mass is 79.9. The highest BCUT2D eigenvalue weighted by molar-refractivity contribution is 9.10. The quantitative estimate of drug-likeness (QED) is 0.852. The van der Waals surface area contributed by atoms with E-state index in [2.05, 4.69) is 20.9 Å². The van der Waals surface area contributed by atoms with Crippen LogP contribution in [0.25, 0.3) is 0 Å². The van der Waals surface area contributed by atoms with Gasteiger partial charge in [0.15, 0.2) is 5.78 Å². The smallest absolute Gasteiger partial charge is 0.304 e. The monoisotopic (exact) mass is 333 g/mol. The molecule has 0 spiro atoms. The van der Waals surface area contributed by atoms with Crippen molar-refractivity contribution >= 4 is 27.7 Å². The molecule has 0 saturated carbocycles. The Kier molecular flexibility index (Phi) is 4.63. The molecule has 5 heteroatoms. The lowest BCUT2D eigenvalue weighted by Gasteiger charge is -2.14. The second-order valence-electron chi connectivity index (χ2n) is 4.28. The van der Waals surface area contributed by atoms with Crippen LogP contribution < -0.4 is 0 Å². The van der Waals surface area contributed by atoms with E-state index >= 15 is 0 Å². The molecule has 0 fully saturated rings. The van der Waals surface area contributed by atoms with E-state index in [1.54, 1.807) is 36.4 Å². The number of aromatic nitrogens is 1. The molecule has 2 aromatic rings. The van der Waals surface area contributed by atoms with Crippen molar-refractivity contribution in [3.8, 4) is 0 Å². The summed E-state index contributed by atoms with van der Waals surface area (Å²) in [5.41, 5.74) is 0.941. The number of halogens is 1. The standard InChI is InChI=1S/C15H12BrNO3/c16-11-5-3-4-10(8-11)12(9-14(18)19)15(20)13-6-1-2-7-17-13/h1-8,12H,9H2,(H,18,19). The Morgan fingerprint density at radius 3 is 2.60 bits per heavy atom. The minimum Gasteiger partial charge on any atom is -0.481 e. The van der Waals surface area contributed by atoms with E-state index in [-0.39, 0.29) is 17.9 Å². The average Bonchev–Trinajstić information content (AvgIpc) is 2.45. The number of carboxylic acids is 1. The van der Waals surface area contributed by atoms with Gasteiger partial charge >= 0.3 is 5.97 Å². The zero-order valence-electron chi connectivity index (χ0n) is 10.5. The van der Waals surface area contributed by atoms with E-state index in [9.17, 15) is 9.59 Å². The highest BCUT2D eigenvalue weighted by Gasteiger charge is 2.25. The van der Waals surface area contributed by atoms with Crippen molar-refractivity contribution < 1.29 is 14.7 Å². The van der Waals surface area contributed by atoms with E-state index in [4.69, 9.17) is 5.11 Å². The molecule has 4 nitrogen and oxygen atoms in total. The second-order valence-corrected chi connectivity index (χ2v) is 5.20. The van der Waals surface area contributed by atoms with Crippen LogP contribution in [0, 0.1) is 0 Å². The molecule has 1 atom stereocenters. The van der Waals surface area contributed by atoms with Gasteiger partial charge < -0.3 is 5.11 Å². The molecule has 0 amide bonds. The van der Waals surface area contributed by atoms with Gasteiger partial charge in [0.1, 0.15) is 5.69 Å². The molecule has 0 saturated heterocycles. The van der Waals surface area contributed by atoms with Crippen molar-refractivity contribution in [1.29, 1.82) is 0 Å². The summed E-state index contributed by atoms with van der Waals surface area (Å²) in [6.45, 7) is 0. The van der Waals surface area contributed by atoms with Gasteiger partial charge in [-0.3, -0.25) is 14.6 Å². The zero-order chi connectivity index (χ0) is 14.5. The van der Waals surface area contributed by atoms with Crippen LogP contribution >= 0.6 is 15.9 Å². The third kappa shape index (κ3) is 3.51. The summed E-state index contributed by atoms with van der Waals surface area (Å²) in [6, 6.07) is 12.1. The van der Waals surface area contributed by atoms with Gasteiger partial charge in [-0.2, -0.15) is 0 Å². The summed E-state index contributed by atoms with van der Waals surface area (Å²) >= 11 is 3.33. The van der Waals surface area contributed by atoms with Gasteiger partial charge in [0, 0.05) is 10.7 Å². The maximum atomic E-state index is 12.5. The normalized spacial score (nSPS) is 11.8. The molecule has 0 radical (unpaired) electrons. The average molecular weight is 334 g/mol. The van der Waals surface area contributed by atoms with Crippen molar-refractivity contribution in [3.63, 3.8) is 0 Å². The minimum absolute atomic E-state index is 0.258. The minimum atomic E-state index is -1.01. The Balaban J connectivity index is 2.38. The largest absolute Gasteiger partial charge is 0.481 e. The summed E-state index contributed by atoms with van der Waals surface area (Å²) in [7, 11) is 0. The van der Waals surface area contributed by atoms with Crippen LogP contribution in [0.2, 0.25) is 0 Å². The van der Waals surface area contributed by atoms with Crippen LogP contribution in [-0.4, -0.2) is 21.8 Å². The maximum Gasteiger partial charge on any atom is 0.304 e. The number of aliphatic carboxylic acids is 1. The first-order valence-corrected chi connectivity index (χ1v) is 6.79. The summed E-state index contributed by atoms with van der Waals surface area (Å²) in [6.07, 6.45) is 1.26. The fraction of sp³-hybridized carbons (Fsp3) is 0.133. The topological polar surface area (TPSA) is 67.3 Å². The van der Waals surface area contributed by atoms with Crippen LogP contribution in [0.1, 0.15) is 28.4 Å². The lowest BCUT2D eigenvalue weighted by atomic mass is 9.90. The summed E-state index contributed by atoms with van der Waals surface area (Å²) in [5, 5.41) is 9.03. The second kappa shape index (κ2) is 6.43. The Morgan fingerprint density at radius 1 is 1.20 bits per heavy atom. The third-order valence-electron chi connectivity index (χ3n) is 2.86. The van der Waals surface area contributed by atoms with E-state index in [1.165, 1.54) is 6.20 Å². The SMILES string of the molecule is O=C(O)CC(C(=O)c1ccccn1)c1cccc(Br)c1. The number of hydrogen-bond donors (Lipinski definition) is 1. The number of nitrogens with zero attached hydrogens (tertiary/aromatic N) is 1. The van der Waals surface area contributed by atoms with Crippen molar-refractivity contribution in [2.24, 2.45) is 0 Å². The molecule has 1 aromatic heterocycles. The Labute approximate surface area is 124 Å². The molecule has 0 bridgehead atoms. The van der Waals surface area contributed by atoms with Gasteiger partial charge in [-0.05, 0) is 29.8 Å². The van der Waals surface area contributed by atoms with Crippen molar-refractivity contribution in [3.05, 3.63) is 64.4 Å². The number of carbonyl (C=O) groups is 2. The predicted molar refractivity (Wildman–Crippen MR) is 77.7 cm³/mol. The first-order valence-electron chi connectivity index (χ1n) is 6.00. The van der Waals surface area contributed by atoms with Gasteiger partial charge in [-0.15, -0.1) is 0 Å². The lowest BCUT2D eigenvalue weighted by molar-refractivity contribution is -0.137. The molecular formula is C15H12BrNO3. The summed E-state index contributed by atoms with van der Waals surface area (Å²) < 4.78 is 0.805. The van der Waals surface area contributed by atoms with E-state index in [0.717, 1.165) is 4.47 Å². The number of rotatable bonds is 5. The van der Waals surface area contributed by atoms with Crippen molar-refractivity contribution in [2.45, 2.75) is 12.3 Å². The molecule has 0 aliphatic heterocycles. The van der Waals surface area contributed by atoms with Crippen LogP contribution in [0.3, 0.4) is 0 Å². The maximum absolute atomic E-state index is 12.5. The van der Waals surface area contributed by atoms with Crippen LogP contribution in [0.4, 0.5) is 0 Å². The molecule has 102 valence electrons. The molecular weight excluding hydrogens is 322 g/mol. The van der Waals surface area contributed by atoms with E-state index in [1.807, 2.05) is 6.07 Å². The first kappa shape index (κ1) is 14.4.